The lowest BCUT2D eigenvalue weighted by atomic mass is 9.92. The van der Waals surface area contributed by atoms with Gasteiger partial charge in [-0.05, 0) is 24.3 Å². The van der Waals surface area contributed by atoms with Crippen LogP contribution in [0.2, 0.25) is 0 Å². The van der Waals surface area contributed by atoms with Crippen molar-refractivity contribution in [3.8, 4) is 5.75 Å². The van der Waals surface area contributed by atoms with Gasteiger partial charge < -0.3 is 15.2 Å². The van der Waals surface area contributed by atoms with E-state index in [0.717, 1.165) is 6.26 Å². The molecule has 1 aliphatic rings. The van der Waals surface area contributed by atoms with Gasteiger partial charge in [-0.1, -0.05) is 0 Å². The average molecular weight is 285 g/mol. The number of carboxylic acid groups (broad SMARTS) is 1. The van der Waals surface area contributed by atoms with Crippen LogP contribution in [-0.2, 0) is 14.6 Å². The minimum absolute atomic E-state index is 0.0895. The molecule has 0 atom stereocenters. The first-order chi connectivity index (χ1) is 8.81. The average Bonchev–Trinajstić information content (AvgIpc) is 2.25. The van der Waals surface area contributed by atoms with E-state index in [9.17, 15) is 13.2 Å². The van der Waals surface area contributed by atoms with Crippen molar-refractivity contribution in [2.45, 2.75) is 16.9 Å². The fourth-order valence-corrected chi connectivity index (χ4v) is 2.55. The highest BCUT2D eigenvalue weighted by Crippen LogP contribution is 2.26. The summed E-state index contributed by atoms with van der Waals surface area (Å²) in [6.45, 7) is 0.931. The largest absolute Gasteiger partial charge is 0.484 e. The number of nitrogens with one attached hydrogen (secondary N) is 1. The van der Waals surface area contributed by atoms with E-state index in [1.165, 1.54) is 24.3 Å². The van der Waals surface area contributed by atoms with Crippen molar-refractivity contribution in [1.29, 1.82) is 0 Å². The van der Waals surface area contributed by atoms with E-state index in [1.807, 2.05) is 0 Å². The number of sulfone groups is 1. The molecule has 0 spiro atoms. The summed E-state index contributed by atoms with van der Waals surface area (Å²) in [7, 11) is -3.24. The van der Waals surface area contributed by atoms with Crippen LogP contribution in [0.5, 0.6) is 5.75 Å². The fraction of sp³-hybridized carbons (Fsp3) is 0.417. The zero-order valence-corrected chi connectivity index (χ0v) is 11.2. The number of ether oxygens (including phenoxy) is 1. The van der Waals surface area contributed by atoms with Crippen LogP contribution in [0.3, 0.4) is 0 Å². The summed E-state index contributed by atoms with van der Waals surface area (Å²) in [5.41, 5.74) is -0.738. The molecular formula is C12H15NO5S. The highest BCUT2D eigenvalue weighted by Gasteiger charge is 2.41. The van der Waals surface area contributed by atoms with Gasteiger partial charge in [0.25, 0.3) is 0 Å². The van der Waals surface area contributed by atoms with Gasteiger partial charge >= 0.3 is 5.97 Å². The Balaban J connectivity index is 2.13. The van der Waals surface area contributed by atoms with Crippen LogP contribution in [0.4, 0.5) is 0 Å². The first-order valence-corrected chi connectivity index (χ1v) is 7.62. The van der Waals surface area contributed by atoms with E-state index in [-0.39, 0.29) is 11.3 Å². The predicted octanol–water partition coefficient (Wildman–Crippen LogP) is 0.286. The molecule has 1 aromatic carbocycles. The van der Waals surface area contributed by atoms with Crippen LogP contribution in [-0.4, -0.2) is 44.4 Å². The molecule has 1 heterocycles. The zero-order chi connectivity index (χ0) is 14.1. The van der Waals surface area contributed by atoms with Gasteiger partial charge in [0.1, 0.15) is 11.4 Å². The Bertz CT molecular complexity index is 575. The summed E-state index contributed by atoms with van der Waals surface area (Å²) >= 11 is 0. The van der Waals surface area contributed by atoms with E-state index in [1.54, 1.807) is 0 Å². The molecule has 2 N–H and O–H groups in total. The molecule has 6 nitrogen and oxygen atoms in total. The monoisotopic (exact) mass is 285 g/mol. The van der Waals surface area contributed by atoms with Crippen LogP contribution in [0.1, 0.15) is 6.42 Å². The topological polar surface area (TPSA) is 92.7 Å². The van der Waals surface area contributed by atoms with Crippen LogP contribution in [0, 0.1) is 0 Å². The Kier molecular flexibility index (Phi) is 3.51. The van der Waals surface area contributed by atoms with Crippen LogP contribution in [0.25, 0.3) is 0 Å². The molecule has 2 rings (SSSR count). The molecule has 0 bridgehead atoms. The van der Waals surface area contributed by atoms with Gasteiger partial charge in [0.05, 0.1) is 11.3 Å². The second-order valence-corrected chi connectivity index (χ2v) is 6.72. The Morgan fingerprint density at radius 3 is 2.32 bits per heavy atom. The maximum atomic E-state index is 11.3. The molecule has 104 valence electrons. The quantitative estimate of drug-likeness (QED) is 0.807. The third kappa shape index (κ3) is 3.24. The SMILES string of the molecule is CS(=O)(=O)c1ccc(OC2(CC(=O)O)CNC2)cc1. The second kappa shape index (κ2) is 4.82. The second-order valence-electron chi connectivity index (χ2n) is 4.70. The Morgan fingerprint density at radius 1 is 1.37 bits per heavy atom. The highest BCUT2D eigenvalue weighted by atomic mass is 32.2. The van der Waals surface area contributed by atoms with E-state index < -0.39 is 21.4 Å². The van der Waals surface area contributed by atoms with Gasteiger partial charge in [-0.2, -0.15) is 0 Å². The summed E-state index contributed by atoms with van der Waals surface area (Å²) in [4.78, 5) is 11.0. The van der Waals surface area contributed by atoms with Crippen molar-refractivity contribution >= 4 is 15.8 Å². The zero-order valence-electron chi connectivity index (χ0n) is 10.4. The van der Waals surface area contributed by atoms with Gasteiger partial charge in [-0.25, -0.2) is 8.42 Å². The van der Waals surface area contributed by atoms with E-state index >= 15 is 0 Å². The number of benzene rings is 1. The summed E-state index contributed by atoms with van der Waals surface area (Å²) in [6.07, 6.45) is 1.04. The molecule has 7 heteroatoms. The molecular weight excluding hydrogens is 270 g/mol. The molecule has 1 aliphatic heterocycles. The van der Waals surface area contributed by atoms with E-state index in [4.69, 9.17) is 9.84 Å². The van der Waals surface area contributed by atoms with Gasteiger partial charge in [-0.15, -0.1) is 0 Å². The summed E-state index contributed by atoms with van der Waals surface area (Å²) in [5, 5.41) is 11.8. The first-order valence-electron chi connectivity index (χ1n) is 5.72. The van der Waals surface area contributed by atoms with Gasteiger partial charge in [-0.3, -0.25) is 4.79 Å². The summed E-state index contributed by atoms with van der Waals surface area (Å²) in [5.74, 6) is -0.454. The minimum Gasteiger partial charge on any atom is -0.484 e. The smallest absolute Gasteiger partial charge is 0.307 e. The standard InChI is InChI=1S/C12H15NO5S/c1-19(16,17)10-4-2-9(3-5-10)18-12(6-11(14)15)7-13-8-12/h2-5,13H,6-8H2,1H3,(H,14,15). The molecule has 0 saturated carbocycles. The molecule has 0 amide bonds. The molecule has 0 radical (unpaired) electrons. The molecule has 0 unspecified atom stereocenters. The minimum atomic E-state index is -3.24. The number of hydrogen-bond acceptors (Lipinski definition) is 5. The van der Waals surface area contributed by atoms with Gasteiger partial charge in [0.2, 0.25) is 0 Å². The van der Waals surface area contributed by atoms with Gasteiger partial charge in [0.15, 0.2) is 9.84 Å². The summed E-state index contributed by atoms with van der Waals surface area (Å²) in [6, 6.07) is 5.98. The normalized spacial score (nSPS) is 17.5. The van der Waals surface area contributed by atoms with Crippen LogP contribution >= 0.6 is 0 Å². The van der Waals surface area contributed by atoms with Crippen molar-refractivity contribution in [3.63, 3.8) is 0 Å². The molecule has 1 saturated heterocycles. The Morgan fingerprint density at radius 2 is 1.95 bits per heavy atom. The third-order valence-electron chi connectivity index (χ3n) is 2.95. The number of carbonyl (C=O) groups is 1. The fourth-order valence-electron chi connectivity index (χ4n) is 1.92. The maximum absolute atomic E-state index is 11.3. The van der Waals surface area contributed by atoms with E-state index in [2.05, 4.69) is 5.32 Å². The van der Waals surface area contributed by atoms with Gasteiger partial charge in [0, 0.05) is 19.3 Å². The molecule has 1 aromatic rings. The number of aliphatic carboxylic acids is 1. The van der Waals surface area contributed by atoms with Crippen molar-refractivity contribution in [2.24, 2.45) is 0 Å². The lowest BCUT2D eigenvalue weighted by Gasteiger charge is -2.41. The van der Waals surface area contributed by atoms with Crippen molar-refractivity contribution in [2.75, 3.05) is 19.3 Å². The van der Waals surface area contributed by atoms with Crippen molar-refractivity contribution < 1.29 is 23.1 Å². The Labute approximate surface area is 111 Å². The van der Waals surface area contributed by atoms with Crippen LogP contribution in [0.15, 0.2) is 29.2 Å². The highest BCUT2D eigenvalue weighted by molar-refractivity contribution is 7.90. The lowest BCUT2D eigenvalue weighted by molar-refractivity contribution is -0.143. The first kappa shape index (κ1) is 13.8. The molecule has 19 heavy (non-hydrogen) atoms. The maximum Gasteiger partial charge on any atom is 0.307 e. The number of rotatable bonds is 5. The van der Waals surface area contributed by atoms with E-state index in [0.29, 0.717) is 18.8 Å². The predicted molar refractivity (Wildman–Crippen MR) is 68.0 cm³/mol. The van der Waals surface area contributed by atoms with Crippen molar-refractivity contribution in [1.82, 2.24) is 5.32 Å². The molecule has 0 aromatic heterocycles. The van der Waals surface area contributed by atoms with Crippen LogP contribution < -0.4 is 10.1 Å². The van der Waals surface area contributed by atoms with Crippen molar-refractivity contribution in [3.05, 3.63) is 24.3 Å². The molecule has 0 aliphatic carbocycles. The lowest BCUT2D eigenvalue weighted by Crippen LogP contribution is -2.64. The summed E-state index contributed by atoms with van der Waals surface area (Å²) < 4.78 is 28.3. The number of hydrogen-bond donors (Lipinski definition) is 2. The number of carboxylic acids is 1. The third-order valence-corrected chi connectivity index (χ3v) is 4.08. The Hall–Kier alpha value is -1.60. The molecule has 1 fully saturated rings.